The molecule has 0 spiro atoms. The summed E-state index contributed by atoms with van der Waals surface area (Å²) in [4.78, 5) is 59.1. The summed E-state index contributed by atoms with van der Waals surface area (Å²) in [7, 11) is 0. The van der Waals surface area contributed by atoms with E-state index in [4.69, 9.17) is 19.9 Å². The first-order chi connectivity index (χ1) is 22.6. The number of carbonyl (C=O) groups excluding carboxylic acids is 4. The number of fused-ring (bicyclic) bond motifs is 4. The van der Waals surface area contributed by atoms with Crippen LogP contribution in [0.5, 0.6) is 0 Å². The standard InChI is InChI=1S/C34H42N6O7/c1-34(2)46-28-26-27(45-33(28)47-34)32(44)39-24(16-19-10-4-3-5-11-19)30(42)38-25(17-20-18-36-22-13-7-6-12-21(20)22)31(43)37-23(29(41)40-26)14-8-9-15-35/h3-7,10-13,18,23-28,33,36H,8-9,14-17,35H2,1-2H3,(H,37,43)(H,38,42)(H,39,44)(H,40,41)/t23?,24?,25?,26-,27+,28?,33-/m1/s1. The fourth-order valence-electron chi connectivity index (χ4n) is 6.50. The van der Waals surface area contributed by atoms with E-state index in [-0.39, 0.29) is 12.8 Å². The molecule has 13 heteroatoms. The van der Waals surface area contributed by atoms with Crippen molar-refractivity contribution in [3.05, 3.63) is 71.9 Å². The number of nitrogens with one attached hydrogen (secondary N) is 5. The molecule has 0 radical (unpaired) electrons. The van der Waals surface area contributed by atoms with Crippen LogP contribution in [-0.4, -0.2) is 83.6 Å². The molecule has 7 N–H and O–H groups in total. The van der Waals surface area contributed by atoms with Gasteiger partial charge < -0.3 is 46.2 Å². The van der Waals surface area contributed by atoms with Gasteiger partial charge in [-0.05, 0) is 56.8 Å². The largest absolute Gasteiger partial charge is 0.361 e. The zero-order chi connectivity index (χ0) is 33.1. The van der Waals surface area contributed by atoms with Crippen LogP contribution in [0.1, 0.15) is 44.2 Å². The maximum atomic E-state index is 14.0. The Morgan fingerprint density at radius 2 is 1.40 bits per heavy atom. The molecule has 4 amide bonds. The minimum absolute atomic E-state index is 0.142. The van der Waals surface area contributed by atoms with Crippen LogP contribution >= 0.6 is 0 Å². The zero-order valence-electron chi connectivity index (χ0n) is 26.5. The van der Waals surface area contributed by atoms with Crippen LogP contribution in [0.3, 0.4) is 0 Å². The third-order valence-corrected chi connectivity index (χ3v) is 8.84. The van der Waals surface area contributed by atoms with E-state index in [1.807, 2.05) is 54.6 Å². The van der Waals surface area contributed by atoms with E-state index in [9.17, 15) is 19.2 Å². The van der Waals surface area contributed by atoms with Crippen LogP contribution in [0.4, 0.5) is 0 Å². The predicted molar refractivity (Wildman–Crippen MR) is 171 cm³/mol. The number of benzene rings is 2. The molecule has 0 saturated carbocycles. The maximum absolute atomic E-state index is 14.0. The molecular weight excluding hydrogens is 604 g/mol. The van der Waals surface area contributed by atoms with Gasteiger partial charge in [0.25, 0.3) is 5.91 Å². The smallest absolute Gasteiger partial charge is 0.252 e. The van der Waals surface area contributed by atoms with Gasteiger partial charge in [-0.2, -0.15) is 0 Å². The van der Waals surface area contributed by atoms with Crippen LogP contribution in [0, 0.1) is 0 Å². The highest BCUT2D eigenvalue weighted by Crippen LogP contribution is 2.37. The SMILES string of the molecule is CC1(C)OC2[C@H](O[C@@H]3C(=O)NC(Cc4ccccc4)C(=O)NC(Cc4c[nH]c5ccccc45)C(=O)NC(CCCCN)C(=O)N[C@@H]23)O1. The van der Waals surface area contributed by atoms with Gasteiger partial charge in [0, 0.05) is 29.9 Å². The Kier molecular flexibility index (Phi) is 9.60. The van der Waals surface area contributed by atoms with Crippen LogP contribution in [0.15, 0.2) is 60.8 Å². The van der Waals surface area contributed by atoms with E-state index in [1.165, 1.54) is 0 Å². The van der Waals surface area contributed by atoms with Crippen molar-refractivity contribution >= 4 is 34.5 Å². The summed E-state index contributed by atoms with van der Waals surface area (Å²) in [5, 5.41) is 12.5. The number of para-hydroxylation sites is 1. The monoisotopic (exact) mass is 646 g/mol. The molecule has 3 aromatic rings. The number of nitrogens with two attached hydrogens (primary N) is 1. The van der Waals surface area contributed by atoms with Gasteiger partial charge in [0.05, 0.1) is 6.04 Å². The second-order valence-corrected chi connectivity index (χ2v) is 12.8. The number of hydrogen-bond donors (Lipinski definition) is 6. The predicted octanol–water partition coefficient (Wildman–Crippen LogP) is 0.911. The molecule has 4 unspecified atom stereocenters. The quantitative estimate of drug-likeness (QED) is 0.195. The summed E-state index contributed by atoms with van der Waals surface area (Å²) in [6.07, 6.45) is 0.653. The Bertz CT molecular complexity index is 1610. The average molecular weight is 647 g/mol. The zero-order valence-corrected chi connectivity index (χ0v) is 26.5. The third kappa shape index (κ3) is 7.33. The summed E-state index contributed by atoms with van der Waals surface area (Å²) in [5.74, 6) is -3.21. The van der Waals surface area contributed by atoms with Gasteiger partial charge in [0.15, 0.2) is 18.2 Å². The molecule has 4 heterocycles. The average Bonchev–Trinajstić information content (AvgIpc) is 3.70. The van der Waals surface area contributed by atoms with Crippen molar-refractivity contribution in [2.75, 3.05) is 6.54 Å². The van der Waals surface area contributed by atoms with Crippen molar-refractivity contribution in [3.8, 4) is 0 Å². The highest BCUT2D eigenvalue weighted by molar-refractivity contribution is 5.96. The third-order valence-electron chi connectivity index (χ3n) is 8.84. The Balaban J connectivity index is 1.35. The Morgan fingerprint density at radius 3 is 2.17 bits per heavy atom. The number of H-pyrrole nitrogens is 1. The molecule has 47 heavy (non-hydrogen) atoms. The van der Waals surface area contributed by atoms with Gasteiger partial charge in [-0.3, -0.25) is 19.2 Å². The normalized spacial score (nSPS) is 29.4. The number of unbranched alkanes of at least 4 members (excludes halogenated alkanes) is 1. The van der Waals surface area contributed by atoms with Gasteiger partial charge in [0.1, 0.15) is 24.2 Å². The summed E-state index contributed by atoms with van der Waals surface area (Å²) in [6, 6.07) is 12.9. The van der Waals surface area contributed by atoms with E-state index in [2.05, 4.69) is 26.3 Å². The van der Waals surface area contributed by atoms with Crippen molar-refractivity contribution < 1.29 is 33.4 Å². The van der Waals surface area contributed by atoms with Crippen molar-refractivity contribution in [3.63, 3.8) is 0 Å². The molecule has 250 valence electrons. The molecule has 3 aliphatic heterocycles. The van der Waals surface area contributed by atoms with Gasteiger partial charge in [0.2, 0.25) is 17.7 Å². The summed E-state index contributed by atoms with van der Waals surface area (Å²) in [6.45, 7) is 3.86. The van der Waals surface area contributed by atoms with E-state index >= 15 is 0 Å². The molecule has 6 rings (SSSR count). The first-order valence-electron chi connectivity index (χ1n) is 16.1. The van der Waals surface area contributed by atoms with Crippen molar-refractivity contribution in [2.24, 2.45) is 5.73 Å². The summed E-state index contributed by atoms with van der Waals surface area (Å²) in [5.41, 5.74) is 8.23. The van der Waals surface area contributed by atoms with E-state index in [1.54, 1.807) is 20.0 Å². The highest BCUT2D eigenvalue weighted by Gasteiger charge is 2.57. The lowest BCUT2D eigenvalue weighted by Gasteiger charge is -2.28. The molecule has 3 aliphatic rings. The second kappa shape index (κ2) is 13.8. The van der Waals surface area contributed by atoms with Gasteiger partial charge >= 0.3 is 0 Å². The van der Waals surface area contributed by atoms with Gasteiger partial charge in [-0.25, -0.2) is 0 Å². The van der Waals surface area contributed by atoms with E-state index in [0.29, 0.717) is 25.8 Å². The lowest BCUT2D eigenvalue weighted by Crippen LogP contribution is -2.58. The van der Waals surface area contributed by atoms with E-state index in [0.717, 1.165) is 22.0 Å². The fraction of sp³-hybridized carbons (Fsp3) is 0.471. The van der Waals surface area contributed by atoms with E-state index < -0.39 is 72.1 Å². The summed E-state index contributed by atoms with van der Waals surface area (Å²) >= 11 is 0. The number of amides is 4. The molecule has 7 atom stereocenters. The first-order valence-corrected chi connectivity index (χ1v) is 16.1. The first kappa shape index (κ1) is 32.6. The Hall–Kier alpha value is -4.30. The molecule has 13 nitrogen and oxygen atoms in total. The summed E-state index contributed by atoms with van der Waals surface area (Å²) < 4.78 is 18.0. The number of carbonyl (C=O) groups is 4. The molecule has 3 saturated heterocycles. The van der Waals surface area contributed by atoms with Crippen molar-refractivity contribution in [1.82, 2.24) is 26.3 Å². The topological polar surface area (TPSA) is 186 Å². The fourth-order valence-corrected chi connectivity index (χ4v) is 6.50. The minimum atomic E-state index is -1.22. The number of hydrogen-bond acceptors (Lipinski definition) is 8. The lowest BCUT2D eigenvalue weighted by atomic mass is 10.0. The molecule has 3 fully saturated rings. The van der Waals surface area contributed by atoms with Crippen molar-refractivity contribution in [2.45, 2.75) is 94.4 Å². The number of ether oxygens (including phenoxy) is 3. The van der Waals surface area contributed by atoms with Crippen LogP contribution in [0.2, 0.25) is 0 Å². The van der Waals surface area contributed by atoms with Crippen LogP contribution < -0.4 is 27.0 Å². The maximum Gasteiger partial charge on any atom is 0.252 e. The van der Waals surface area contributed by atoms with Crippen LogP contribution in [-0.2, 0) is 46.2 Å². The Morgan fingerprint density at radius 1 is 0.745 bits per heavy atom. The molecule has 0 bridgehead atoms. The van der Waals surface area contributed by atoms with Gasteiger partial charge in [-0.1, -0.05) is 48.5 Å². The van der Waals surface area contributed by atoms with Gasteiger partial charge in [-0.15, -0.1) is 0 Å². The molecule has 0 aliphatic carbocycles. The number of aromatic amines is 1. The van der Waals surface area contributed by atoms with Crippen LogP contribution in [0.25, 0.3) is 10.9 Å². The minimum Gasteiger partial charge on any atom is -0.361 e. The molecule has 2 aromatic carbocycles. The second-order valence-electron chi connectivity index (χ2n) is 12.8. The Labute approximate surface area is 272 Å². The van der Waals surface area contributed by atoms with Crippen molar-refractivity contribution in [1.29, 1.82) is 0 Å². The lowest BCUT2D eigenvalue weighted by molar-refractivity contribution is -0.208. The highest BCUT2D eigenvalue weighted by atomic mass is 16.8. The number of rotatable bonds is 8. The number of aromatic nitrogens is 1. The molecular formula is C34H42N6O7. The molecule has 1 aromatic heterocycles.